The van der Waals surface area contributed by atoms with Gasteiger partial charge in [0.15, 0.2) is 11.5 Å². The smallest absolute Gasteiger partial charge is 0.268 e. The van der Waals surface area contributed by atoms with Crippen LogP contribution in [0.5, 0.6) is 11.5 Å². The van der Waals surface area contributed by atoms with Crippen molar-refractivity contribution in [2.75, 3.05) is 14.2 Å². The Morgan fingerprint density at radius 3 is 1.94 bits per heavy atom. The molecular formula is C28H29NO5S. The molecule has 182 valence electrons. The number of carbonyl (C=O) groups is 1. The van der Waals surface area contributed by atoms with Gasteiger partial charge in [-0.1, -0.05) is 47.5 Å². The van der Waals surface area contributed by atoms with E-state index in [4.69, 9.17) is 9.47 Å². The largest absolute Gasteiger partial charge is 0.493 e. The maximum absolute atomic E-state index is 14.1. The van der Waals surface area contributed by atoms with Gasteiger partial charge in [-0.2, -0.15) is 0 Å². The first-order chi connectivity index (χ1) is 16.7. The van der Waals surface area contributed by atoms with E-state index >= 15 is 0 Å². The molecule has 4 aromatic rings. The molecule has 0 saturated heterocycles. The Labute approximate surface area is 206 Å². The lowest BCUT2D eigenvalue weighted by Crippen LogP contribution is -2.16. The summed E-state index contributed by atoms with van der Waals surface area (Å²) in [6.07, 6.45) is 0.482. The third-order valence-electron chi connectivity index (χ3n) is 6.14. The van der Waals surface area contributed by atoms with Gasteiger partial charge in [-0.25, -0.2) is 12.4 Å². The zero-order valence-corrected chi connectivity index (χ0v) is 21.4. The van der Waals surface area contributed by atoms with Gasteiger partial charge in [0.2, 0.25) is 0 Å². The normalized spacial score (nSPS) is 11.6. The van der Waals surface area contributed by atoms with Crippen molar-refractivity contribution in [3.05, 3.63) is 77.5 Å². The molecule has 0 unspecified atom stereocenters. The molecule has 35 heavy (non-hydrogen) atoms. The Kier molecular flexibility index (Phi) is 6.72. The molecule has 0 aliphatic heterocycles. The minimum Gasteiger partial charge on any atom is -0.493 e. The molecule has 0 fully saturated rings. The van der Waals surface area contributed by atoms with Crippen LogP contribution in [0.2, 0.25) is 0 Å². The van der Waals surface area contributed by atoms with Gasteiger partial charge in [-0.05, 0) is 51.0 Å². The number of ether oxygens (including phenoxy) is 2. The maximum Gasteiger partial charge on any atom is 0.268 e. The number of fused-ring (bicyclic) bond motifs is 1. The molecule has 0 radical (unpaired) electrons. The van der Waals surface area contributed by atoms with Gasteiger partial charge in [0.05, 0.1) is 24.6 Å². The van der Waals surface area contributed by atoms with Gasteiger partial charge in [0.1, 0.15) is 5.78 Å². The van der Waals surface area contributed by atoms with Crippen molar-refractivity contribution in [3.63, 3.8) is 0 Å². The predicted molar refractivity (Wildman–Crippen MR) is 138 cm³/mol. The zero-order valence-electron chi connectivity index (χ0n) is 20.6. The number of methoxy groups -OCH3 is 2. The number of hydrogen-bond donors (Lipinski definition) is 0. The van der Waals surface area contributed by atoms with Crippen molar-refractivity contribution in [1.29, 1.82) is 0 Å². The number of ketones is 1. The summed E-state index contributed by atoms with van der Waals surface area (Å²) in [7, 11) is -0.927. The van der Waals surface area contributed by atoms with Crippen LogP contribution in [0.4, 0.5) is 0 Å². The molecule has 4 rings (SSSR count). The second kappa shape index (κ2) is 9.58. The highest BCUT2D eigenvalue weighted by molar-refractivity contribution is 7.90. The van der Waals surface area contributed by atoms with Crippen molar-refractivity contribution in [2.24, 2.45) is 0 Å². The summed E-state index contributed by atoms with van der Waals surface area (Å²) in [4.78, 5) is 12.2. The van der Waals surface area contributed by atoms with E-state index in [9.17, 15) is 13.2 Å². The molecule has 1 heterocycles. The molecule has 0 aliphatic carbocycles. The fourth-order valence-electron chi connectivity index (χ4n) is 4.29. The highest BCUT2D eigenvalue weighted by Crippen LogP contribution is 2.43. The lowest BCUT2D eigenvalue weighted by atomic mass is 9.98. The summed E-state index contributed by atoms with van der Waals surface area (Å²) in [6.45, 7) is 5.42. The lowest BCUT2D eigenvalue weighted by molar-refractivity contribution is -0.117. The van der Waals surface area contributed by atoms with Crippen molar-refractivity contribution in [3.8, 4) is 22.6 Å². The molecule has 3 aromatic carbocycles. The Balaban J connectivity index is 2.15. The van der Waals surface area contributed by atoms with Gasteiger partial charge in [0, 0.05) is 29.1 Å². The number of rotatable bonds is 8. The number of benzene rings is 3. The van der Waals surface area contributed by atoms with Crippen LogP contribution in [0.15, 0.2) is 65.6 Å². The summed E-state index contributed by atoms with van der Waals surface area (Å²) in [6, 6.07) is 18.2. The average molecular weight is 492 g/mol. The number of aromatic nitrogens is 1. The van der Waals surface area contributed by atoms with E-state index in [0.717, 1.165) is 22.3 Å². The fraction of sp³-hybridized carbons (Fsp3) is 0.250. The second-order valence-corrected chi connectivity index (χ2v) is 10.5. The zero-order chi connectivity index (χ0) is 25.3. The summed E-state index contributed by atoms with van der Waals surface area (Å²) >= 11 is 0. The molecule has 0 atom stereocenters. The fourth-order valence-corrected chi connectivity index (χ4v) is 5.87. The van der Waals surface area contributed by atoms with Crippen molar-refractivity contribution in [2.45, 2.75) is 38.5 Å². The number of hydrogen-bond acceptors (Lipinski definition) is 5. The summed E-state index contributed by atoms with van der Waals surface area (Å²) in [5.41, 5.74) is 4.70. The lowest BCUT2D eigenvalue weighted by Gasteiger charge is -2.14. The van der Waals surface area contributed by atoms with E-state index < -0.39 is 10.0 Å². The molecular weight excluding hydrogens is 462 g/mol. The van der Waals surface area contributed by atoms with E-state index in [-0.39, 0.29) is 23.5 Å². The molecule has 6 nitrogen and oxygen atoms in total. The van der Waals surface area contributed by atoms with Gasteiger partial charge in [-0.3, -0.25) is 0 Å². The van der Waals surface area contributed by atoms with Crippen LogP contribution in [0.25, 0.3) is 22.0 Å². The van der Waals surface area contributed by atoms with Crippen LogP contribution in [-0.2, 0) is 21.2 Å². The second-order valence-electron chi connectivity index (χ2n) is 8.70. The molecule has 0 N–H and O–H groups in total. The third kappa shape index (κ3) is 4.56. The molecule has 1 aromatic heterocycles. The Morgan fingerprint density at radius 2 is 1.40 bits per heavy atom. The molecule has 0 spiro atoms. The van der Waals surface area contributed by atoms with Crippen LogP contribution in [0.3, 0.4) is 0 Å². The van der Waals surface area contributed by atoms with E-state index in [2.05, 4.69) is 0 Å². The first kappa shape index (κ1) is 24.5. The Hall–Kier alpha value is -3.58. The standard InChI is InChI=1S/C28H29NO5S/c1-18-6-11-21(12-7-18)28-23-16-26(33-4)27(34-5)17-25(23)29(24(28)15-10-20(3)30)35(31,32)22-13-8-19(2)9-14-22/h6-9,11-14,16-17H,10,15H2,1-5H3. The monoisotopic (exact) mass is 491 g/mol. The van der Waals surface area contributed by atoms with Crippen LogP contribution in [0, 0.1) is 13.8 Å². The minimum atomic E-state index is -3.99. The Morgan fingerprint density at radius 1 is 0.857 bits per heavy atom. The predicted octanol–water partition coefficient (Wildman–Crippen LogP) is 5.70. The molecule has 7 heteroatoms. The quantitative estimate of drug-likeness (QED) is 0.316. The number of Topliss-reactive ketones (excluding diaryl/α,β-unsaturated/α-hetero) is 1. The van der Waals surface area contributed by atoms with Crippen LogP contribution < -0.4 is 9.47 Å². The van der Waals surface area contributed by atoms with Crippen LogP contribution in [0.1, 0.15) is 30.2 Å². The van der Waals surface area contributed by atoms with E-state index in [1.807, 2.05) is 44.2 Å². The van der Waals surface area contributed by atoms with Gasteiger partial charge in [-0.15, -0.1) is 0 Å². The van der Waals surface area contributed by atoms with E-state index in [1.54, 1.807) is 37.4 Å². The average Bonchev–Trinajstić information content (AvgIpc) is 3.16. The topological polar surface area (TPSA) is 74.6 Å². The number of nitrogens with zero attached hydrogens (tertiary/aromatic N) is 1. The number of aryl methyl sites for hydroxylation is 2. The van der Waals surface area contributed by atoms with Gasteiger partial charge < -0.3 is 14.3 Å². The first-order valence-corrected chi connectivity index (χ1v) is 12.8. The molecule has 0 amide bonds. The van der Waals surface area contributed by atoms with Crippen LogP contribution >= 0.6 is 0 Å². The minimum absolute atomic E-state index is 0.0143. The molecule has 0 bridgehead atoms. The molecule has 0 saturated carbocycles. The highest BCUT2D eigenvalue weighted by Gasteiger charge is 2.29. The van der Waals surface area contributed by atoms with Gasteiger partial charge >= 0.3 is 0 Å². The molecule has 0 aliphatic rings. The summed E-state index contributed by atoms with van der Waals surface area (Å²) in [5.74, 6) is 0.905. The number of carbonyl (C=O) groups excluding carboxylic acids is 1. The third-order valence-corrected chi connectivity index (χ3v) is 7.90. The van der Waals surface area contributed by atoms with Crippen LogP contribution in [-0.4, -0.2) is 32.4 Å². The van der Waals surface area contributed by atoms with Crippen molar-refractivity contribution in [1.82, 2.24) is 3.97 Å². The Bertz CT molecular complexity index is 1500. The van der Waals surface area contributed by atoms with Crippen molar-refractivity contribution < 1.29 is 22.7 Å². The van der Waals surface area contributed by atoms with Crippen molar-refractivity contribution >= 4 is 26.7 Å². The SMILES string of the molecule is COc1cc2c(-c3ccc(C)cc3)c(CCC(C)=O)n(S(=O)(=O)c3ccc(C)cc3)c2cc1OC. The maximum atomic E-state index is 14.1. The van der Waals surface area contributed by atoms with E-state index in [0.29, 0.717) is 28.1 Å². The first-order valence-electron chi connectivity index (χ1n) is 11.4. The highest BCUT2D eigenvalue weighted by atomic mass is 32.2. The van der Waals surface area contributed by atoms with Gasteiger partial charge in [0.25, 0.3) is 10.0 Å². The summed E-state index contributed by atoms with van der Waals surface area (Å²) < 4.78 is 40.6. The van der Waals surface area contributed by atoms with E-state index in [1.165, 1.54) is 18.0 Å². The summed E-state index contributed by atoms with van der Waals surface area (Å²) in [5, 5.41) is 0.709.